The van der Waals surface area contributed by atoms with Gasteiger partial charge in [0.15, 0.2) is 5.78 Å². The van der Waals surface area contributed by atoms with Crippen LogP contribution in [0.2, 0.25) is 0 Å². The average molecular weight is 360 g/mol. The lowest BCUT2D eigenvalue weighted by atomic mass is 9.79. The van der Waals surface area contributed by atoms with E-state index in [1.165, 1.54) is 0 Å². The van der Waals surface area contributed by atoms with Crippen LogP contribution in [-0.2, 0) is 23.9 Å². The first-order valence-electron chi connectivity index (χ1n) is 9.67. The van der Waals surface area contributed by atoms with Crippen LogP contribution in [0, 0.1) is 17.8 Å². The zero-order valence-corrected chi connectivity index (χ0v) is 16.0. The molecule has 0 radical (unpaired) electrons. The Hall–Kier alpha value is -1.91. The van der Waals surface area contributed by atoms with Crippen LogP contribution in [0.1, 0.15) is 59.8 Å². The first-order valence-corrected chi connectivity index (χ1v) is 9.67. The van der Waals surface area contributed by atoms with Crippen molar-refractivity contribution in [3.63, 3.8) is 0 Å². The predicted molar refractivity (Wildman–Crippen MR) is 96.1 cm³/mol. The van der Waals surface area contributed by atoms with Crippen LogP contribution in [0.15, 0.2) is 22.8 Å². The van der Waals surface area contributed by atoms with Gasteiger partial charge in [0.05, 0.1) is 5.92 Å². The number of ketones is 1. The summed E-state index contributed by atoms with van der Waals surface area (Å²) in [5.41, 5.74) is 2.59. The number of hydrogen-bond donors (Lipinski definition) is 0. The van der Waals surface area contributed by atoms with Gasteiger partial charge in [-0.05, 0) is 26.3 Å². The van der Waals surface area contributed by atoms with Gasteiger partial charge >= 0.3 is 11.9 Å². The Morgan fingerprint density at radius 3 is 2.69 bits per heavy atom. The van der Waals surface area contributed by atoms with Gasteiger partial charge in [-0.3, -0.25) is 14.4 Å². The minimum absolute atomic E-state index is 0.00530. The van der Waals surface area contributed by atoms with E-state index >= 15 is 0 Å². The van der Waals surface area contributed by atoms with E-state index in [-0.39, 0.29) is 35.5 Å². The van der Waals surface area contributed by atoms with Crippen LogP contribution >= 0.6 is 0 Å². The van der Waals surface area contributed by atoms with E-state index < -0.39 is 12.2 Å². The van der Waals surface area contributed by atoms with Gasteiger partial charge in [-0.2, -0.15) is 0 Å². The van der Waals surface area contributed by atoms with E-state index in [1.807, 2.05) is 20.8 Å². The molecule has 1 saturated heterocycles. The molecule has 0 aromatic rings. The van der Waals surface area contributed by atoms with Crippen LogP contribution in [0.4, 0.5) is 0 Å². The third-order valence-corrected chi connectivity index (χ3v) is 6.00. The van der Waals surface area contributed by atoms with Crippen molar-refractivity contribution in [2.45, 2.75) is 72.0 Å². The van der Waals surface area contributed by atoms with Crippen molar-refractivity contribution in [3.8, 4) is 0 Å². The summed E-state index contributed by atoms with van der Waals surface area (Å²) < 4.78 is 11.5. The van der Waals surface area contributed by atoms with Gasteiger partial charge in [0.2, 0.25) is 0 Å². The smallest absolute Gasteiger partial charge is 0.309 e. The van der Waals surface area contributed by atoms with Crippen molar-refractivity contribution in [3.05, 3.63) is 22.8 Å². The monoisotopic (exact) mass is 360 g/mol. The number of rotatable bonds is 5. The minimum atomic E-state index is -0.430. The van der Waals surface area contributed by atoms with Crippen molar-refractivity contribution in [1.29, 1.82) is 0 Å². The van der Waals surface area contributed by atoms with Crippen molar-refractivity contribution in [2.24, 2.45) is 17.8 Å². The van der Waals surface area contributed by atoms with Gasteiger partial charge < -0.3 is 9.47 Å². The number of carbonyl (C=O) groups is 3. The zero-order chi connectivity index (χ0) is 19.0. The van der Waals surface area contributed by atoms with Crippen molar-refractivity contribution < 1.29 is 23.9 Å². The molecule has 0 aromatic carbocycles. The molecule has 1 heterocycles. The number of carbonyl (C=O) groups excluding carboxylic acids is 3. The lowest BCUT2D eigenvalue weighted by Crippen LogP contribution is -2.37. The number of hydrogen-bond acceptors (Lipinski definition) is 5. The average Bonchev–Trinajstić information content (AvgIpc) is 2.98. The minimum Gasteiger partial charge on any atom is -0.462 e. The molecule has 26 heavy (non-hydrogen) atoms. The Bertz CT molecular complexity index is 687. The Labute approximate surface area is 154 Å². The summed E-state index contributed by atoms with van der Waals surface area (Å²) in [6.45, 7) is 7.76. The summed E-state index contributed by atoms with van der Waals surface area (Å²) in [5, 5.41) is 0. The predicted octanol–water partition coefficient (Wildman–Crippen LogP) is 3.52. The fourth-order valence-corrected chi connectivity index (χ4v) is 4.66. The molecule has 3 aliphatic rings. The topological polar surface area (TPSA) is 69.7 Å². The van der Waals surface area contributed by atoms with Crippen LogP contribution in [-0.4, -0.2) is 29.9 Å². The highest BCUT2D eigenvalue weighted by Gasteiger charge is 2.55. The molecule has 142 valence electrons. The second kappa shape index (κ2) is 7.37. The van der Waals surface area contributed by atoms with Gasteiger partial charge in [0.1, 0.15) is 12.2 Å². The Balaban J connectivity index is 1.88. The molecule has 0 N–H and O–H groups in total. The fourth-order valence-electron chi connectivity index (χ4n) is 4.66. The number of ether oxygens (including phenoxy) is 2. The number of fused-ring (bicyclic) bond motifs is 3. The van der Waals surface area contributed by atoms with E-state index in [0.29, 0.717) is 12.8 Å². The molecule has 2 aliphatic carbocycles. The van der Waals surface area contributed by atoms with Crippen LogP contribution in [0.25, 0.3) is 0 Å². The van der Waals surface area contributed by atoms with Crippen LogP contribution in [0.5, 0.6) is 0 Å². The zero-order valence-electron chi connectivity index (χ0n) is 16.0. The third-order valence-electron chi connectivity index (χ3n) is 6.00. The normalized spacial score (nSPS) is 33.4. The molecule has 5 atom stereocenters. The molecule has 0 unspecified atom stereocenters. The van der Waals surface area contributed by atoms with E-state index in [1.54, 1.807) is 6.08 Å². The first kappa shape index (κ1) is 18.9. The Morgan fingerprint density at radius 2 is 2.00 bits per heavy atom. The highest BCUT2D eigenvalue weighted by atomic mass is 16.6. The Kier molecular flexibility index (Phi) is 5.35. The molecule has 1 fully saturated rings. The highest BCUT2D eigenvalue weighted by Crippen LogP contribution is 2.48. The first-order chi connectivity index (χ1) is 12.3. The molecule has 0 bridgehead atoms. The fraction of sp³-hybridized carbons (Fsp3) is 0.667. The number of unbranched alkanes of at least 4 members (excludes halogenated alkanes) is 2. The number of allylic oxidation sites excluding steroid dienone is 1. The van der Waals surface area contributed by atoms with E-state index in [2.05, 4.69) is 6.92 Å². The summed E-state index contributed by atoms with van der Waals surface area (Å²) in [4.78, 5) is 37.0. The van der Waals surface area contributed by atoms with E-state index in [4.69, 9.17) is 9.47 Å². The molecule has 5 heteroatoms. The molecule has 0 spiro atoms. The molecule has 1 aliphatic heterocycles. The maximum Gasteiger partial charge on any atom is 0.309 e. The molecule has 0 aromatic heterocycles. The maximum atomic E-state index is 12.5. The standard InChI is InChI=1S/C21H28O5/c1-5-6-7-8-16(23)25-15-10-12(3)17-14(22)9-11(2)18(17)20-19(15)13(4)21(24)26-20/h9,13,15,18-20H,5-8,10H2,1-4H3/t13-,15-,18-,19+,20+/m0/s1. The van der Waals surface area contributed by atoms with Gasteiger partial charge in [-0.1, -0.05) is 37.8 Å². The van der Waals surface area contributed by atoms with Crippen molar-refractivity contribution in [2.75, 3.05) is 0 Å². The SMILES string of the molecule is CCCCCC(=O)O[C@H]1CC(C)=C2C(=O)C=C(C)[C@@H]2[C@H]2OC(=O)[C@@H](C)[C@@H]21. The van der Waals surface area contributed by atoms with Gasteiger partial charge in [-0.25, -0.2) is 0 Å². The van der Waals surface area contributed by atoms with Gasteiger partial charge in [0, 0.05) is 30.3 Å². The quantitative estimate of drug-likeness (QED) is 0.554. The van der Waals surface area contributed by atoms with Crippen molar-refractivity contribution >= 4 is 17.7 Å². The second-order valence-electron chi connectivity index (χ2n) is 7.88. The molecular formula is C21H28O5. The lowest BCUT2D eigenvalue weighted by Gasteiger charge is -2.29. The van der Waals surface area contributed by atoms with Gasteiger partial charge in [-0.15, -0.1) is 0 Å². The number of esters is 2. The molecule has 3 rings (SSSR count). The molecular weight excluding hydrogens is 332 g/mol. The summed E-state index contributed by atoms with van der Waals surface area (Å²) in [6.07, 6.45) is 4.52. The molecule has 5 nitrogen and oxygen atoms in total. The summed E-state index contributed by atoms with van der Waals surface area (Å²) in [5.74, 6) is -1.26. The third kappa shape index (κ3) is 3.24. The summed E-state index contributed by atoms with van der Waals surface area (Å²) in [7, 11) is 0. The lowest BCUT2D eigenvalue weighted by molar-refractivity contribution is -0.153. The van der Waals surface area contributed by atoms with E-state index in [0.717, 1.165) is 36.0 Å². The van der Waals surface area contributed by atoms with E-state index in [9.17, 15) is 14.4 Å². The van der Waals surface area contributed by atoms with Crippen molar-refractivity contribution in [1.82, 2.24) is 0 Å². The van der Waals surface area contributed by atoms with Crippen LogP contribution in [0.3, 0.4) is 0 Å². The largest absolute Gasteiger partial charge is 0.462 e. The Morgan fingerprint density at radius 1 is 1.27 bits per heavy atom. The molecule has 0 saturated carbocycles. The second-order valence-corrected chi connectivity index (χ2v) is 7.88. The van der Waals surface area contributed by atoms with Gasteiger partial charge in [0.25, 0.3) is 0 Å². The van der Waals surface area contributed by atoms with Crippen LogP contribution < -0.4 is 0 Å². The highest BCUT2D eigenvalue weighted by molar-refractivity contribution is 6.09. The maximum absolute atomic E-state index is 12.5. The summed E-state index contributed by atoms with van der Waals surface area (Å²) in [6, 6.07) is 0. The summed E-state index contributed by atoms with van der Waals surface area (Å²) >= 11 is 0. The molecule has 0 amide bonds.